The molecule has 0 atom stereocenters. The van der Waals surface area contributed by atoms with E-state index in [-0.39, 0.29) is 0 Å². The third-order valence-electron chi connectivity index (χ3n) is 1.99. The molecule has 0 amide bonds. The first kappa shape index (κ1) is 12.8. The molecule has 0 aliphatic rings. The molecule has 0 aliphatic heterocycles. The van der Waals surface area contributed by atoms with Gasteiger partial charge in [-0.1, -0.05) is 6.07 Å². The summed E-state index contributed by atoms with van der Waals surface area (Å²) in [6.07, 6.45) is 0.860. The van der Waals surface area contributed by atoms with Crippen LogP contribution in [0.5, 0.6) is 5.75 Å². The Balaban J connectivity index is 2.03. The fourth-order valence-electron chi connectivity index (χ4n) is 1.20. The molecular formula is C12H19NO3. The molecule has 16 heavy (non-hydrogen) atoms. The SMILES string of the molecule is COCCOCCCOc1cccc(N)c1. The molecule has 1 aromatic rings. The third-order valence-corrected chi connectivity index (χ3v) is 1.99. The van der Waals surface area contributed by atoms with E-state index < -0.39 is 0 Å². The van der Waals surface area contributed by atoms with Crippen LogP contribution in [0.4, 0.5) is 5.69 Å². The van der Waals surface area contributed by atoms with Gasteiger partial charge in [-0.15, -0.1) is 0 Å². The first-order valence-electron chi connectivity index (χ1n) is 5.38. The van der Waals surface area contributed by atoms with Crippen molar-refractivity contribution in [1.82, 2.24) is 0 Å². The van der Waals surface area contributed by atoms with Gasteiger partial charge in [0.25, 0.3) is 0 Å². The van der Waals surface area contributed by atoms with Crippen LogP contribution in [0.15, 0.2) is 24.3 Å². The smallest absolute Gasteiger partial charge is 0.121 e. The lowest BCUT2D eigenvalue weighted by Crippen LogP contribution is -2.06. The minimum absolute atomic E-state index is 0.634. The highest BCUT2D eigenvalue weighted by Crippen LogP contribution is 2.14. The number of rotatable bonds is 8. The first-order chi connectivity index (χ1) is 7.83. The Morgan fingerprint density at radius 1 is 1.12 bits per heavy atom. The molecule has 4 nitrogen and oxygen atoms in total. The summed E-state index contributed by atoms with van der Waals surface area (Å²) in [4.78, 5) is 0. The standard InChI is InChI=1S/C12H19NO3/c1-14-8-9-15-6-3-7-16-12-5-2-4-11(13)10-12/h2,4-5,10H,3,6-9,13H2,1H3. The molecule has 0 aromatic heterocycles. The minimum Gasteiger partial charge on any atom is -0.493 e. The van der Waals surface area contributed by atoms with Crippen LogP contribution in [0.25, 0.3) is 0 Å². The van der Waals surface area contributed by atoms with Gasteiger partial charge in [0.15, 0.2) is 0 Å². The molecule has 0 aliphatic carbocycles. The quantitative estimate of drug-likeness (QED) is 0.540. The van der Waals surface area contributed by atoms with Crippen LogP contribution in [0.1, 0.15) is 6.42 Å². The topological polar surface area (TPSA) is 53.7 Å². The fraction of sp³-hybridized carbons (Fsp3) is 0.500. The molecule has 0 saturated carbocycles. The summed E-state index contributed by atoms with van der Waals surface area (Å²) in [6, 6.07) is 7.41. The zero-order valence-electron chi connectivity index (χ0n) is 9.65. The van der Waals surface area contributed by atoms with Crippen LogP contribution in [0, 0.1) is 0 Å². The highest BCUT2D eigenvalue weighted by atomic mass is 16.5. The average molecular weight is 225 g/mol. The molecule has 0 fully saturated rings. The van der Waals surface area contributed by atoms with Crippen molar-refractivity contribution in [3.8, 4) is 5.75 Å². The van der Waals surface area contributed by atoms with Gasteiger partial charge in [-0.2, -0.15) is 0 Å². The van der Waals surface area contributed by atoms with Gasteiger partial charge in [0.2, 0.25) is 0 Å². The molecule has 90 valence electrons. The van der Waals surface area contributed by atoms with Gasteiger partial charge >= 0.3 is 0 Å². The Morgan fingerprint density at radius 2 is 2.00 bits per heavy atom. The van der Waals surface area contributed by atoms with Crippen LogP contribution in [-0.4, -0.2) is 33.5 Å². The summed E-state index contributed by atoms with van der Waals surface area (Å²) in [5.41, 5.74) is 6.34. The molecule has 0 heterocycles. The molecule has 2 N–H and O–H groups in total. The fourth-order valence-corrected chi connectivity index (χ4v) is 1.20. The predicted octanol–water partition coefficient (Wildman–Crippen LogP) is 1.70. The molecule has 0 spiro atoms. The van der Waals surface area contributed by atoms with Gasteiger partial charge in [-0.05, 0) is 12.1 Å². The molecule has 0 radical (unpaired) electrons. The molecule has 0 bridgehead atoms. The van der Waals surface area contributed by atoms with Gasteiger partial charge in [0.1, 0.15) is 5.75 Å². The maximum atomic E-state index is 5.63. The lowest BCUT2D eigenvalue weighted by atomic mass is 10.3. The van der Waals surface area contributed by atoms with Crippen molar-refractivity contribution in [2.75, 3.05) is 39.3 Å². The first-order valence-corrected chi connectivity index (χ1v) is 5.38. The van der Waals surface area contributed by atoms with Gasteiger partial charge in [0, 0.05) is 31.9 Å². The van der Waals surface area contributed by atoms with Crippen molar-refractivity contribution in [3.05, 3.63) is 24.3 Å². The summed E-state index contributed by atoms with van der Waals surface area (Å²) >= 11 is 0. The summed E-state index contributed by atoms with van der Waals surface area (Å²) in [5, 5.41) is 0. The van der Waals surface area contributed by atoms with E-state index in [4.69, 9.17) is 19.9 Å². The third kappa shape index (κ3) is 5.58. The second-order valence-electron chi connectivity index (χ2n) is 3.38. The van der Waals surface area contributed by atoms with E-state index in [1.807, 2.05) is 24.3 Å². The van der Waals surface area contributed by atoms with Crippen LogP contribution >= 0.6 is 0 Å². The number of nitrogens with two attached hydrogens (primary N) is 1. The van der Waals surface area contributed by atoms with E-state index in [9.17, 15) is 0 Å². The van der Waals surface area contributed by atoms with Gasteiger partial charge < -0.3 is 19.9 Å². The van der Waals surface area contributed by atoms with Gasteiger partial charge in [0.05, 0.1) is 19.8 Å². The summed E-state index contributed by atoms with van der Waals surface area (Å²) in [7, 11) is 1.66. The average Bonchev–Trinajstić information content (AvgIpc) is 2.28. The van der Waals surface area contributed by atoms with Crippen molar-refractivity contribution < 1.29 is 14.2 Å². The Morgan fingerprint density at radius 3 is 2.75 bits per heavy atom. The van der Waals surface area contributed by atoms with E-state index in [2.05, 4.69) is 0 Å². The lowest BCUT2D eigenvalue weighted by molar-refractivity contribution is 0.0644. The zero-order chi connectivity index (χ0) is 11.6. The molecule has 0 unspecified atom stereocenters. The Kier molecular flexibility index (Phi) is 6.37. The molecular weight excluding hydrogens is 206 g/mol. The van der Waals surface area contributed by atoms with E-state index >= 15 is 0 Å². The zero-order valence-corrected chi connectivity index (χ0v) is 9.65. The van der Waals surface area contributed by atoms with Gasteiger partial charge in [-0.3, -0.25) is 0 Å². The highest BCUT2D eigenvalue weighted by Gasteiger charge is 1.94. The van der Waals surface area contributed by atoms with Crippen LogP contribution < -0.4 is 10.5 Å². The van der Waals surface area contributed by atoms with Crippen molar-refractivity contribution in [3.63, 3.8) is 0 Å². The number of anilines is 1. The molecule has 4 heteroatoms. The Hall–Kier alpha value is -1.26. The largest absolute Gasteiger partial charge is 0.493 e. The normalized spacial score (nSPS) is 10.3. The predicted molar refractivity (Wildman–Crippen MR) is 63.7 cm³/mol. The summed E-state index contributed by atoms with van der Waals surface area (Å²) in [6.45, 7) is 2.59. The van der Waals surface area contributed by atoms with Crippen molar-refractivity contribution in [2.45, 2.75) is 6.42 Å². The van der Waals surface area contributed by atoms with Crippen LogP contribution in [0.2, 0.25) is 0 Å². The number of hydrogen-bond acceptors (Lipinski definition) is 4. The maximum Gasteiger partial charge on any atom is 0.121 e. The Bertz CT molecular complexity index is 291. The van der Waals surface area contributed by atoms with Crippen molar-refractivity contribution >= 4 is 5.69 Å². The van der Waals surface area contributed by atoms with Crippen LogP contribution in [-0.2, 0) is 9.47 Å². The highest BCUT2D eigenvalue weighted by molar-refractivity contribution is 5.43. The molecule has 1 rings (SSSR count). The Labute approximate surface area is 96.3 Å². The second-order valence-corrected chi connectivity index (χ2v) is 3.38. The number of hydrogen-bond donors (Lipinski definition) is 1. The lowest BCUT2D eigenvalue weighted by Gasteiger charge is -2.07. The van der Waals surface area contributed by atoms with E-state index in [1.54, 1.807) is 7.11 Å². The van der Waals surface area contributed by atoms with E-state index in [0.29, 0.717) is 32.1 Å². The summed E-state index contributed by atoms with van der Waals surface area (Å²) in [5.74, 6) is 0.803. The number of methoxy groups -OCH3 is 1. The molecule has 1 aromatic carbocycles. The monoisotopic (exact) mass is 225 g/mol. The van der Waals surface area contributed by atoms with E-state index in [0.717, 1.165) is 12.2 Å². The molecule has 0 saturated heterocycles. The van der Waals surface area contributed by atoms with Gasteiger partial charge in [-0.25, -0.2) is 0 Å². The van der Waals surface area contributed by atoms with Crippen molar-refractivity contribution in [1.29, 1.82) is 0 Å². The maximum absolute atomic E-state index is 5.63. The minimum atomic E-state index is 0.634. The second kappa shape index (κ2) is 7.96. The number of ether oxygens (including phenoxy) is 3. The van der Waals surface area contributed by atoms with E-state index in [1.165, 1.54) is 0 Å². The number of benzene rings is 1. The van der Waals surface area contributed by atoms with Crippen molar-refractivity contribution in [2.24, 2.45) is 0 Å². The summed E-state index contributed by atoms with van der Waals surface area (Å²) < 4.78 is 15.7. The number of nitrogen functional groups attached to an aromatic ring is 1. The van der Waals surface area contributed by atoms with Crippen LogP contribution in [0.3, 0.4) is 0 Å².